The van der Waals surface area contributed by atoms with Crippen LogP contribution in [0.25, 0.3) is 16.7 Å². The number of ether oxygens (including phenoxy) is 2. The molecule has 0 bridgehead atoms. The van der Waals surface area contributed by atoms with Gasteiger partial charge in [-0.05, 0) is 42.0 Å². The zero-order valence-electron chi connectivity index (χ0n) is 16.9. The van der Waals surface area contributed by atoms with Crippen molar-refractivity contribution in [3.63, 3.8) is 0 Å². The molecule has 0 saturated heterocycles. The van der Waals surface area contributed by atoms with Crippen molar-refractivity contribution in [2.75, 3.05) is 7.11 Å². The number of nitrogens with zero attached hydrogens (tertiary/aromatic N) is 6. The van der Waals surface area contributed by atoms with Crippen LogP contribution in [0.4, 0.5) is 0 Å². The Morgan fingerprint density at radius 3 is 2.48 bits per heavy atom. The van der Waals surface area contributed by atoms with Gasteiger partial charge in [0.05, 0.1) is 31.1 Å². The van der Waals surface area contributed by atoms with Crippen LogP contribution in [0.15, 0.2) is 79.0 Å². The van der Waals surface area contributed by atoms with Crippen LogP contribution in [0.2, 0.25) is 0 Å². The van der Waals surface area contributed by atoms with E-state index in [1.807, 2.05) is 71.5 Å². The third-order valence-electron chi connectivity index (χ3n) is 4.94. The number of hydrogen-bond donors (Lipinski definition) is 0. The molecule has 5 rings (SSSR count). The second-order valence-electron chi connectivity index (χ2n) is 7.00. The molecule has 0 atom stereocenters. The van der Waals surface area contributed by atoms with Crippen LogP contribution in [0.3, 0.4) is 0 Å². The quantitative estimate of drug-likeness (QED) is 0.406. The lowest BCUT2D eigenvalue weighted by atomic mass is 10.2. The SMILES string of the molecule is COc1ccc(-n2cc(COc3cccc4c3nnn4Cc3ccccc3)nn2)cc1. The Morgan fingerprint density at radius 1 is 0.839 bits per heavy atom. The first-order chi connectivity index (χ1) is 15.3. The number of methoxy groups -OCH3 is 1. The molecule has 0 aliphatic carbocycles. The van der Waals surface area contributed by atoms with Crippen LogP contribution in [-0.2, 0) is 13.2 Å². The van der Waals surface area contributed by atoms with Gasteiger partial charge in [-0.25, -0.2) is 9.36 Å². The molecule has 3 aromatic carbocycles. The van der Waals surface area contributed by atoms with E-state index < -0.39 is 0 Å². The van der Waals surface area contributed by atoms with Crippen LogP contribution in [0.1, 0.15) is 11.3 Å². The highest BCUT2D eigenvalue weighted by Crippen LogP contribution is 2.24. The number of benzene rings is 3. The molecule has 2 heterocycles. The molecule has 2 aromatic heterocycles. The Hall–Kier alpha value is -4.20. The summed E-state index contributed by atoms with van der Waals surface area (Å²) in [5.41, 5.74) is 4.41. The summed E-state index contributed by atoms with van der Waals surface area (Å²) < 4.78 is 14.8. The van der Waals surface area contributed by atoms with E-state index in [1.54, 1.807) is 11.8 Å². The maximum Gasteiger partial charge on any atom is 0.155 e. The average Bonchev–Trinajstić information content (AvgIpc) is 3.46. The van der Waals surface area contributed by atoms with E-state index in [2.05, 4.69) is 32.8 Å². The monoisotopic (exact) mass is 412 g/mol. The molecule has 31 heavy (non-hydrogen) atoms. The van der Waals surface area contributed by atoms with Gasteiger partial charge in [0.15, 0.2) is 5.52 Å². The summed E-state index contributed by atoms with van der Waals surface area (Å²) in [7, 11) is 1.64. The molecule has 0 unspecified atom stereocenters. The van der Waals surface area contributed by atoms with Gasteiger partial charge in [-0.3, -0.25) is 0 Å². The van der Waals surface area contributed by atoms with Crippen LogP contribution in [0, 0.1) is 0 Å². The molecule has 5 aromatic rings. The van der Waals surface area contributed by atoms with Crippen LogP contribution < -0.4 is 9.47 Å². The molecule has 0 radical (unpaired) electrons. The Bertz CT molecular complexity index is 1290. The lowest BCUT2D eigenvalue weighted by Crippen LogP contribution is -2.01. The smallest absolute Gasteiger partial charge is 0.155 e. The van der Waals surface area contributed by atoms with Crippen LogP contribution in [0.5, 0.6) is 11.5 Å². The van der Waals surface area contributed by atoms with Crippen LogP contribution >= 0.6 is 0 Å². The summed E-state index contributed by atoms with van der Waals surface area (Å²) in [4.78, 5) is 0. The predicted molar refractivity (Wildman–Crippen MR) is 115 cm³/mol. The summed E-state index contributed by atoms with van der Waals surface area (Å²) in [6.07, 6.45) is 1.84. The molecular weight excluding hydrogens is 392 g/mol. The van der Waals surface area contributed by atoms with E-state index in [4.69, 9.17) is 9.47 Å². The van der Waals surface area contributed by atoms with Crippen molar-refractivity contribution >= 4 is 11.0 Å². The highest BCUT2D eigenvalue weighted by molar-refractivity contribution is 5.81. The minimum absolute atomic E-state index is 0.279. The zero-order valence-corrected chi connectivity index (χ0v) is 16.9. The molecule has 154 valence electrons. The second-order valence-corrected chi connectivity index (χ2v) is 7.00. The number of fused-ring (bicyclic) bond motifs is 1. The molecule has 0 saturated carbocycles. The van der Waals surface area contributed by atoms with E-state index in [0.29, 0.717) is 18.0 Å². The fourth-order valence-corrected chi connectivity index (χ4v) is 3.33. The van der Waals surface area contributed by atoms with Crippen molar-refractivity contribution in [3.05, 3.63) is 90.3 Å². The topological polar surface area (TPSA) is 79.9 Å². The molecule has 8 heteroatoms. The van der Waals surface area contributed by atoms with Gasteiger partial charge in [-0.2, -0.15) is 0 Å². The second kappa shape index (κ2) is 8.27. The van der Waals surface area contributed by atoms with Gasteiger partial charge in [0, 0.05) is 0 Å². The summed E-state index contributed by atoms with van der Waals surface area (Å²) in [6.45, 7) is 0.928. The highest BCUT2D eigenvalue weighted by atomic mass is 16.5. The van der Waals surface area contributed by atoms with Gasteiger partial charge >= 0.3 is 0 Å². The summed E-state index contributed by atoms with van der Waals surface area (Å²) >= 11 is 0. The Balaban J connectivity index is 1.31. The summed E-state index contributed by atoms with van der Waals surface area (Å²) in [5.74, 6) is 1.46. The fraction of sp³-hybridized carbons (Fsp3) is 0.130. The van der Waals surface area contributed by atoms with Gasteiger partial charge in [-0.15, -0.1) is 10.2 Å². The third kappa shape index (κ3) is 3.95. The normalized spacial score (nSPS) is 11.0. The predicted octanol–water partition coefficient (Wildman–Crippen LogP) is 3.65. The van der Waals surface area contributed by atoms with Crippen molar-refractivity contribution in [3.8, 4) is 17.2 Å². The lowest BCUT2D eigenvalue weighted by Gasteiger charge is -2.05. The van der Waals surface area contributed by atoms with Gasteiger partial charge in [-0.1, -0.05) is 46.8 Å². The van der Waals surface area contributed by atoms with Crippen LogP contribution in [-0.4, -0.2) is 37.1 Å². The number of hydrogen-bond acceptors (Lipinski definition) is 6. The lowest BCUT2D eigenvalue weighted by molar-refractivity contribution is 0.304. The van der Waals surface area contributed by atoms with Gasteiger partial charge in [0.1, 0.15) is 23.8 Å². The average molecular weight is 412 g/mol. The molecule has 8 nitrogen and oxygen atoms in total. The maximum atomic E-state index is 6.00. The molecular formula is C23H20N6O2. The van der Waals surface area contributed by atoms with Gasteiger partial charge in [0.2, 0.25) is 0 Å². The summed E-state index contributed by atoms with van der Waals surface area (Å²) in [6, 6.07) is 23.6. The minimum atomic E-state index is 0.279. The van der Waals surface area contributed by atoms with E-state index in [-0.39, 0.29) is 6.61 Å². The summed E-state index contributed by atoms with van der Waals surface area (Å²) in [5, 5.41) is 17.0. The standard InChI is InChI=1S/C23H20N6O2/c1-30-20-12-10-19(11-13-20)28-15-18(24-26-28)16-31-22-9-5-8-21-23(22)25-27-29(21)14-17-6-3-2-4-7-17/h2-13,15H,14,16H2,1H3. The van der Waals surface area contributed by atoms with E-state index >= 15 is 0 Å². The van der Waals surface area contributed by atoms with Crippen molar-refractivity contribution in [1.82, 2.24) is 30.0 Å². The minimum Gasteiger partial charge on any atom is -0.497 e. The van der Waals surface area contributed by atoms with E-state index in [0.717, 1.165) is 28.0 Å². The molecule has 0 spiro atoms. The van der Waals surface area contributed by atoms with Crippen molar-refractivity contribution in [2.45, 2.75) is 13.2 Å². The van der Waals surface area contributed by atoms with E-state index in [9.17, 15) is 0 Å². The first-order valence-corrected chi connectivity index (χ1v) is 9.85. The first kappa shape index (κ1) is 18.8. The Morgan fingerprint density at radius 2 is 1.68 bits per heavy atom. The molecule has 0 aliphatic heterocycles. The first-order valence-electron chi connectivity index (χ1n) is 9.85. The van der Waals surface area contributed by atoms with E-state index in [1.165, 1.54) is 0 Å². The van der Waals surface area contributed by atoms with Crippen molar-refractivity contribution in [2.24, 2.45) is 0 Å². The van der Waals surface area contributed by atoms with Gasteiger partial charge in [0.25, 0.3) is 0 Å². The Kier molecular flexibility index (Phi) is 5.02. The third-order valence-corrected chi connectivity index (χ3v) is 4.94. The number of rotatable bonds is 7. The van der Waals surface area contributed by atoms with Crippen molar-refractivity contribution < 1.29 is 9.47 Å². The van der Waals surface area contributed by atoms with Crippen molar-refractivity contribution in [1.29, 1.82) is 0 Å². The molecule has 0 aliphatic rings. The number of aromatic nitrogens is 6. The highest BCUT2D eigenvalue weighted by Gasteiger charge is 2.11. The molecule has 0 N–H and O–H groups in total. The molecule has 0 fully saturated rings. The molecule has 0 amide bonds. The fourth-order valence-electron chi connectivity index (χ4n) is 3.33. The Labute approximate surface area is 178 Å². The zero-order chi connectivity index (χ0) is 21.0. The maximum absolute atomic E-state index is 6.00. The van der Waals surface area contributed by atoms with Gasteiger partial charge < -0.3 is 9.47 Å². The largest absolute Gasteiger partial charge is 0.497 e.